The molecule has 156 valence electrons. The minimum atomic E-state index is -0.0694. The molecule has 0 saturated carbocycles. The molecule has 3 rings (SSSR count). The lowest BCUT2D eigenvalue weighted by Gasteiger charge is -2.18. The van der Waals surface area contributed by atoms with Crippen LogP contribution < -0.4 is 9.47 Å². The van der Waals surface area contributed by atoms with Crippen molar-refractivity contribution in [2.24, 2.45) is 5.41 Å². The molecular formula is C23H24ClN3O3. The molecule has 6 nitrogen and oxygen atoms in total. The number of benzene rings is 2. The number of hydrogen-bond donors (Lipinski definition) is 0. The molecule has 0 bridgehead atoms. The van der Waals surface area contributed by atoms with Gasteiger partial charge in [0.05, 0.1) is 18.7 Å². The molecule has 0 aliphatic rings. The second-order valence-corrected chi connectivity index (χ2v) is 8.50. The minimum Gasteiger partial charge on any atom is -0.493 e. The molecule has 0 amide bonds. The first-order valence-corrected chi connectivity index (χ1v) is 9.88. The van der Waals surface area contributed by atoms with Crippen LogP contribution in [0.15, 0.2) is 42.5 Å². The molecule has 1 aromatic heterocycles. The van der Waals surface area contributed by atoms with Crippen molar-refractivity contribution in [2.75, 3.05) is 13.7 Å². The molecule has 0 radical (unpaired) electrons. The van der Waals surface area contributed by atoms with E-state index in [1.807, 2.05) is 24.3 Å². The van der Waals surface area contributed by atoms with E-state index in [0.717, 1.165) is 11.3 Å². The number of ether oxygens (including phenoxy) is 2. The quantitative estimate of drug-likeness (QED) is 0.486. The first-order chi connectivity index (χ1) is 14.2. The number of carbonyl (C=O) groups is 1. The second-order valence-electron chi connectivity index (χ2n) is 8.09. The van der Waals surface area contributed by atoms with Crippen LogP contribution in [0, 0.1) is 5.41 Å². The number of ketones is 1. The summed E-state index contributed by atoms with van der Waals surface area (Å²) in [6.45, 7) is 8.46. The van der Waals surface area contributed by atoms with Gasteiger partial charge in [-0.3, -0.25) is 4.79 Å². The van der Waals surface area contributed by atoms with Crippen LogP contribution in [0.2, 0.25) is 5.02 Å². The van der Waals surface area contributed by atoms with Gasteiger partial charge < -0.3 is 9.47 Å². The van der Waals surface area contributed by atoms with Gasteiger partial charge in [-0.1, -0.05) is 32.4 Å². The van der Waals surface area contributed by atoms with Crippen molar-refractivity contribution < 1.29 is 14.3 Å². The Bertz CT molecular complexity index is 1060. The smallest absolute Gasteiger partial charge is 0.320 e. The van der Waals surface area contributed by atoms with E-state index in [-0.39, 0.29) is 17.2 Å². The Kier molecular flexibility index (Phi) is 6.37. The van der Waals surface area contributed by atoms with E-state index in [9.17, 15) is 4.79 Å². The molecule has 7 heteroatoms. The van der Waals surface area contributed by atoms with Crippen molar-refractivity contribution in [3.63, 3.8) is 0 Å². The van der Waals surface area contributed by atoms with Gasteiger partial charge in [-0.25, -0.2) is 4.98 Å². The van der Waals surface area contributed by atoms with Crippen LogP contribution >= 0.6 is 11.6 Å². The van der Waals surface area contributed by atoms with Crippen LogP contribution in [-0.4, -0.2) is 34.5 Å². The molecule has 3 aromatic rings. The number of Topliss-reactive ketones (excluding diaryl/α,β-unsaturated/α-hetero) is 1. The largest absolute Gasteiger partial charge is 0.493 e. The van der Waals surface area contributed by atoms with Crippen LogP contribution in [0.4, 0.5) is 0 Å². The summed E-state index contributed by atoms with van der Waals surface area (Å²) in [4.78, 5) is 25.0. The van der Waals surface area contributed by atoms with E-state index in [2.05, 4.69) is 35.7 Å². The summed E-state index contributed by atoms with van der Waals surface area (Å²) in [5.41, 5.74) is 1.91. The fraction of sp³-hybridized carbons (Fsp3) is 0.304. The normalized spacial score (nSPS) is 11.3. The molecule has 0 aliphatic carbocycles. The van der Waals surface area contributed by atoms with Crippen LogP contribution in [0.25, 0.3) is 22.8 Å². The van der Waals surface area contributed by atoms with Crippen molar-refractivity contribution in [2.45, 2.75) is 27.7 Å². The maximum absolute atomic E-state index is 11.8. The van der Waals surface area contributed by atoms with Gasteiger partial charge in [0.1, 0.15) is 5.75 Å². The number of carbonyl (C=O) groups excluding carboxylic acids is 1. The molecule has 0 aliphatic heterocycles. The van der Waals surface area contributed by atoms with Crippen LogP contribution in [0.1, 0.15) is 38.1 Å². The summed E-state index contributed by atoms with van der Waals surface area (Å²) in [5.74, 6) is 1.47. The van der Waals surface area contributed by atoms with Gasteiger partial charge in [-0.2, -0.15) is 9.97 Å². The highest BCUT2D eigenvalue weighted by molar-refractivity contribution is 6.33. The average Bonchev–Trinajstić information content (AvgIpc) is 2.72. The van der Waals surface area contributed by atoms with Gasteiger partial charge in [-0.15, -0.1) is 0 Å². The molecule has 0 saturated heterocycles. The second kappa shape index (κ2) is 8.79. The zero-order chi connectivity index (χ0) is 21.9. The lowest BCUT2D eigenvalue weighted by Crippen LogP contribution is -2.16. The van der Waals surface area contributed by atoms with Gasteiger partial charge in [-0.05, 0) is 54.8 Å². The molecule has 0 fully saturated rings. The Labute approximate surface area is 181 Å². The van der Waals surface area contributed by atoms with Gasteiger partial charge in [0.2, 0.25) is 0 Å². The van der Waals surface area contributed by atoms with Crippen molar-refractivity contribution in [3.05, 3.63) is 53.1 Å². The summed E-state index contributed by atoms with van der Waals surface area (Å²) in [6, 6.07) is 12.7. The van der Waals surface area contributed by atoms with Gasteiger partial charge in [0, 0.05) is 16.7 Å². The maximum atomic E-state index is 11.8. The first kappa shape index (κ1) is 21.7. The van der Waals surface area contributed by atoms with Crippen LogP contribution in [-0.2, 0) is 0 Å². The zero-order valence-corrected chi connectivity index (χ0v) is 18.4. The minimum absolute atomic E-state index is 0.0694. The number of methoxy groups -OCH3 is 1. The van der Waals surface area contributed by atoms with Gasteiger partial charge in [0.25, 0.3) is 0 Å². The summed E-state index contributed by atoms with van der Waals surface area (Å²) in [7, 11) is 1.49. The highest BCUT2D eigenvalue weighted by Gasteiger charge is 2.15. The summed E-state index contributed by atoms with van der Waals surface area (Å²) in [6.07, 6.45) is 0. The highest BCUT2D eigenvalue weighted by Crippen LogP contribution is 2.30. The molecule has 0 unspecified atom stereocenters. The number of halogens is 1. The fourth-order valence-corrected chi connectivity index (χ4v) is 2.82. The Morgan fingerprint density at radius 2 is 1.67 bits per heavy atom. The number of nitrogens with zero attached hydrogens (tertiary/aromatic N) is 3. The summed E-state index contributed by atoms with van der Waals surface area (Å²) in [5, 5.41) is 0.435. The summed E-state index contributed by atoms with van der Waals surface area (Å²) >= 11 is 6.35. The fourth-order valence-electron chi connectivity index (χ4n) is 2.61. The molecule has 0 atom stereocenters. The molecule has 0 N–H and O–H groups in total. The van der Waals surface area contributed by atoms with Crippen molar-refractivity contribution in [3.8, 4) is 34.5 Å². The number of hydrogen-bond acceptors (Lipinski definition) is 6. The van der Waals surface area contributed by atoms with Gasteiger partial charge >= 0.3 is 6.01 Å². The van der Waals surface area contributed by atoms with Crippen LogP contribution in [0.5, 0.6) is 11.8 Å². The lowest BCUT2D eigenvalue weighted by molar-refractivity contribution is 0.101. The third kappa shape index (κ3) is 5.33. The molecule has 0 spiro atoms. The van der Waals surface area contributed by atoms with Crippen molar-refractivity contribution in [1.82, 2.24) is 15.0 Å². The molecule has 30 heavy (non-hydrogen) atoms. The Hall–Kier alpha value is -2.99. The van der Waals surface area contributed by atoms with E-state index < -0.39 is 0 Å². The Morgan fingerprint density at radius 3 is 2.27 bits per heavy atom. The monoisotopic (exact) mass is 425 g/mol. The third-order valence-corrected chi connectivity index (χ3v) is 4.53. The van der Waals surface area contributed by atoms with Gasteiger partial charge in [0.15, 0.2) is 17.4 Å². The van der Waals surface area contributed by atoms with E-state index >= 15 is 0 Å². The Morgan fingerprint density at radius 1 is 1.00 bits per heavy atom. The standard InChI is InChI=1S/C23H24ClN3O3/c1-14(28)16-8-11-19(24)18(12-16)21-25-20(26-22(27-21)29-5)15-6-9-17(10-7-15)30-13-23(2,3)4/h6-12H,13H2,1-5H3. The third-order valence-electron chi connectivity index (χ3n) is 4.20. The van der Waals surface area contributed by atoms with Crippen LogP contribution in [0.3, 0.4) is 0 Å². The van der Waals surface area contributed by atoms with E-state index in [1.165, 1.54) is 14.0 Å². The SMILES string of the molecule is COc1nc(-c2ccc(OCC(C)(C)C)cc2)nc(-c2cc(C(C)=O)ccc2Cl)n1. The first-order valence-electron chi connectivity index (χ1n) is 9.50. The Balaban J connectivity index is 1.98. The topological polar surface area (TPSA) is 74.2 Å². The zero-order valence-electron chi connectivity index (χ0n) is 17.7. The van der Waals surface area contributed by atoms with Crippen molar-refractivity contribution in [1.29, 1.82) is 0 Å². The van der Waals surface area contributed by atoms with Crippen molar-refractivity contribution >= 4 is 17.4 Å². The highest BCUT2D eigenvalue weighted by atomic mass is 35.5. The predicted octanol–water partition coefficient (Wildman–Crippen LogP) is 5.50. The van der Waals surface area contributed by atoms with E-state index in [4.69, 9.17) is 21.1 Å². The lowest BCUT2D eigenvalue weighted by atomic mass is 9.99. The van der Waals surface area contributed by atoms with E-state index in [1.54, 1.807) is 18.2 Å². The maximum Gasteiger partial charge on any atom is 0.320 e. The summed E-state index contributed by atoms with van der Waals surface area (Å²) < 4.78 is 11.1. The molecular weight excluding hydrogens is 402 g/mol. The predicted molar refractivity (Wildman–Crippen MR) is 117 cm³/mol. The number of rotatable bonds is 6. The molecule has 1 heterocycles. The number of aromatic nitrogens is 3. The van der Waals surface area contributed by atoms with E-state index in [0.29, 0.717) is 34.4 Å². The average molecular weight is 426 g/mol. The molecule has 2 aromatic carbocycles.